The van der Waals surface area contributed by atoms with Gasteiger partial charge in [-0.3, -0.25) is 4.65 Å². The maximum Gasteiger partial charge on any atom is 0.516 e. The van der Waals surface area contributed by atoms with Crippen molar-refractivity contribution in [2.24, 2.45) is 5.73 Å². The summed E-state index contributed by atoms with van der Waals surface area (Å²) in [6.07, 6.45) is 3.59. The average molecular weight is 402 g/mol. The highest BCUT2D eigenvalue weighted by molar-refractivity contribution is 5.68. The van der Waals surface area contributed by atoms with Crippen LogP contribution in [0.4, 0.5) is 9.59 Å². The minimum atomic E-state index is -0.794. The van der Waals surface area contributed by atoms with Crippen molar-refractivity contribution >= 4 is 12.2 Å². The van der Waals surface area contributed by atoms with Crippen molar-refractivity contribution in [1.82, 2.24) is 4.90 Å². The summed E-state index contributed by atoms with van der Waals surface area (Å²) in [6, 6.07) is 0.244. The first-order valence-corrected chi connectivity index (χ1v) is 10.3. The van der Waals surface area contributed by atoms with Crippen LogP contribution in [0.15, 0.2) is 0 Å². The Kier molecular flexibility index (Phi) is 8.71. The smallest absolute Gasteiger partial charge is 0.516 e. The van der Waals surface area contributed by atoms with E-state index in [1.54, 1.807) is 25.7 Å². The Morgan fingerprint density at radius 2 is 1.39 bits per heavy atom. The van der Waals surface area contributed by atoms with E-state index in [1.807, 2.05) is 20.8 Å². The number of carbonyl (C=O) groups excluding carboxylic acids is 2. The number of hydroxylamine groups is 3. The predicted molar refractivity (Wildman–Crippen MR) is 108 cm³/mol. The summed E-state index contributed by atoms with van der Waals surface area (Å²) in [6.45, 7) is 13.1. The fourth-order valence-corrected chi connectivity index (χ4v) is 2.96. The molecule has 2 saturated heterocycles. The molecular weight excluding hydrogens is 362 g/mol. The number of quaternary nitrogens is 1. The van der Waals surface area contributed by atoms with Crippen molar-refractivity contribution in [2.45, 2.75) is 90.9 Å². The molecule has 8 heteroatoms. The molecule has 2 aliphatic rings. The number of carbonyl (C=O) groups is 2. The maximum atomic E-state index is 12.0. The summed E-state index contributed by atoms with van der Waals surface area (Å²) >= 11 is 0. The second-order valence-corrected chi connectivity index (χ2v) is 9.68. The van der Waals surface area contributed by atoms with Gasteiger partial charge in [-0.15, -0.1) is 0 Å². The molecule has 2 aliphatic heterocycles. The number of likely N-dealkylation sites (tertiary alicyclic amines) is 2. The van der Waals surface area contributed by atoms with Crippen molar-refractivity contribution in [3.05, 3.63) is 5.21 Å². The summed E-state index contributed by atoms with van der Waals surface area (Å²) in [7, 11) is 0. The van der Waals surface area contributed by atoms with Crippen LogP contribution in [0.25, 0.3) is 0 Å². The third-order valence-corrected chi connectivity index (χ3v) is 4.46. The first-order valence-electron chi connectivity index (χ1n) is 10.3. The molecule has 0 aromatic rings. The molecule has 2 N–H and O–H groups in total. The Hall–Kier alpha value is -1.38. The van der Waals surface area contributed by atoms with Crippen molar-refractivity contribution in [1.29, 1.82) is 0 Å². The van der Waals surface area contributed by atoms with E-state index in [-0.39, 0.29) is 12.1 Å². The highest BCUT2D eigenvalue weighted by Crippen LogP contribution is 2.21. The van der Waals surface area contributed by atoms with Crippen LogP contribution >= 0.6 is 0 Å². The van der Waals surface area contributed by atoms with Gasteiger partial charge in [0.1, 0.15) is 11.2 Å². The lowest BCUT2D eigenvalue weighted by atomic mass is 10.1. The van der Waals surface area contributed by atoms with Crippen molar-refractivity contribution < 1.29 is 23.7 Å². The number of hydrogen-bond donors (Lipinski definition) is 1. The van der Waals surface area contributed by atoms with Crippen LogP contribution in [0.3, 0.4) is 0 Å². The number of amides is 2. The summed E-state index contributed by atoms with van der Waals surface area (Å²) in [5.41, 5.74) is 4.77. The molecular formula is C20H39N3O5. The van der Waals surface area contributed by atoms with Gasteiger partial charge in [0, 0.05) is 19.1 Å². The lowest BCUT2D eigenvalue weighted by Gasteiger charge is -2.42. The lowest BCUT2D eigenvalue weighted by Crippen LogP contribution is -2.52. The summed E-state index contributed by atoms with van der Waals surface area (Å²) in [4.78, 5) is 24.9. The molecule has 0 spiro atoms. The molecule has 28 heavy (non-hydrogen) atoms. The van der Waals surface area contributed by atoms with Gasteiger partial charge in [-0.1, -0.05) is 0 Å². The lowest BCUT2D eigenvalue weighted by molar-refractivity contribution is -0.814. The monoisotopic (exact) mass is 401 g/mol. The van der Waals surface area contributed by atoms with Gasteiger partial charge in [0.25, 0.3) is 0 Å². The topological polar surface area (TPSA) is 105 Å². The average Bonchev–Trinajstić information content (AvgIpc) is 2.53. The summed E-state index contributed by atoms with van der Waals surface area (Å²) in [5.74, 6) is 0. The Morgan fingerprint density at radius 3 is 1.82 bits per heavy atom. The normalized spacial score (nSPS) is 20.6. The van der Waals surface area contributed by atoms with Crippen LogP contribution in [0, 0.1) is 5.21 Å². The van der Waals surface area contributed by atoms with Crippen molar-refractivity contribution in [2.75, 3.05) is 26.2 Å². The van der Waals surface area contributed by atoms with Crippen LogP contribution in [0.1, 0.15) is 73.6 Å². The standard InChI is InChI=1S/C10H20N2O2.C10H19NO3/c1-10(2,3)14-9(13)12-6-4-8(11)5-7-12;1-10(2,3)14-9(12)11(13)7-5-4-6-8-11/h8H,4-7,11H2,1-3H3;4-8H2,1-3H3. The van der Waals surface area contributed by atoms with E-state index in [4.69, 9.17) is 15.2 Å². The molecule has 8 nitrogen and oxygen atoms in total. The van der Waals surface area contributed by atoms with E-state index in [1.165, 1.54) is 0 Å². The molecule has 0 aliphatic carbocycles. The van der Waals surface area contributed by atoms with E-state index in [2.05, 4.69) is 0 Å². The van der Waals surface area contributed by atoms with Gasteiger partial charge in [0.15, 0.2) is 0 Å². The van der Waals surface area contributed by atoms with E-state index in [0.29, 0.717) is 13.1 Å². The van der Waals surface area contributed by atoms with Gasteiger partial charge in [-0.2, -0.15) is 4.79 Å². The zero-order valence-corrected chi connectivity index (χ0v) is 18.5. The van der Waals surface area contributed by atoms with Gasteiger partial charge in [0.2, 0.25) is 0 Å². The molecule has 0 saturated carbocycles. The zero-order valence-electron chi connectivity index (χ0n) is 18.5. The molecule has 2 amide bonds. The second kappa shape index (κ2) is 9.89. The fourth-order valence-electron chi connectivity index (χ4n) is 2.96. The Balaban J connectivity index is 0.000000280. The van der Waals surface area contributed by atoms with Gasteiger partial charge in [0.05, 0.1) is 13.1 Å². The number of ether oxygens (including phenoxy) is 2. The predicted octanol–water partition coefficient (Wildman–Crippen LogP) is 3.76. The number of piperidine rings is 2. The Labute approximate surface area is 169 Å². The van der Waals surface area contributed by atoms with E-state index in [0.717, 1.165) is 45.2 Å². The van der Waals surface area contributed by atoms with Crippen molar-refractivity contribution in [3.8, 4) is 0 Å². The van der Waals surface area contributed by atoms with Crippen molar-refractivity contribution in [3.63, 3.8) is 0 Å². The van der Waals surface area contributed by atoms with Crippen LogP contribution < -0.4 is 5.73 Å². The summed E-state index contributed by atoms with van der Waals surface area (Å²) in [5, 5.41) is 12.0. The minimum absolute atomic E-state index is 0.218. The first kappa shape index (κ1) is 24.7. The zero-order chi connectivity index (χ0) is 21.6. The van der Waals surface area contributed by atoms with E-state index in [9.17, 15) is 14.8 Å². The third-order valence-electron chi connectivity index (χ3n) is 4.46. The van der Waals surface area contributed by atoms with Gasteiger partial charge in [-0.05, 0) is 73.6 Å². The third kappa shape index (κ3) is 9.21. The van der Waals surface area contributed by atoms with Crippen LogP contribution in [0.5, 0.6) is 0 Å². The molecule has 2 heterocycles. The minimum Gasteiger partial charge on any atom is -0.622 e. The fraction of sp³-hybridized carbons (Fsp3) is 0.900. The molecule has 2 rings (SSSR count). The molecule has 0 bridgehead atoms. The SMILES string of the molecule is CC(C)(C)OC(=O)N1CCC(N)CC1.CC(C)(C)OC(=O)[N+]1([O-])CCCCC1. The Morgan fingerprint density at radius 1 is 0.929 bits per heavy atom. The maximum absolute atomic E-state index is 12.0. The van der Waals surface area contributed by atoms with Crippen LogP contribution in [-0.2, 0) is 9.47 Å². The quantitative estimate of drug-likeness (QED) is 0.489. The number of rotatable bonds is 0. The summed E-state index contributed by atoms with van der Waals surface area (Å²) < 4.78 is 9.57. The second-order valence-electron chi connectivity index (χ2n) is 9.68. The number of nitrogens with two attached hydrogens (primary N) is 1. The largest absolute Gasteiger partial charge is 0.622 e. The molecule has 0 aromatic heterocycles. The van der Waals surface area contributed by atoms with E-state index < -0.39 is 21.9 Å². The van der Waals surface area contributed by atoms with Crippen LogP contribution in [0.2, 0.25) is 0 Å². The van der Waals surface area contributed by atoms with Gasteiger partial charge < -0.3 is 25.3 Å². The molecule has 0 aromatic carbocycles. The van der Waals surface area contributed by atoms with E-state index >= 15 is 0 Å². The molecule has 0 unspecified atom stereocenters. The Bertz CT molecular complexity index is 511. The van der Waals surface area contributed by atoms with Crippen LogP contribution in [-0.4, -0.2) is 65.2 Å². The molecule has 164 valence electrons. The highest BCUT2D eigenvalue weighted by Gasteiger charge is 2.34. The van der Waals surface area contributed by atoms with Gasteiger partial charge in [-0.25, -0.2) is 4.79 Å². The molecule has 2 fully saturated rings. The highest BCUT2D eigenvalue weighted by atomic mass is 16.7. The van der Waals surface area contributed by atoms with Gasteiger partial charge >= 0.3 is 12.2 Å². The molecule has 0 radical (unpaired) electrons. The number of nitrogens with zero attached hydrogens (tertiary/aromatic N) is 2. The first-order chi connectivity index (χ1) is 12.7. The molecule has 0 atom stereocenters. The number of hydrogen-bond acceptors (Lipinski definition) is 6.